The van der Waals surface area contributed by atoms with Crippen molar-refractivity contribution >= 4 is 0 Å². The van der Waals surface area contributed by atoms with Crippen molar-refractivity contribution in [3.8, 4) is 0 Å². The van der Waals surface area contributed by atoms with Gasteiger partial charge in [-0.25, -0.2) is 0 Å². The van der Waals surface area contributed by atoms with Gasteiger partial charge in [0.2, 0.25) is 0 Å². The molecule has 2 nitrogen and oxygen atoms in total. The second kappa shape index (κ2) is 7.24. The fourth-order valence-corrected chi connectivity index (χ4v) is 2.55. The highest BCUT2D eigenvalue weighted by molar-refractivity contribution is 4.77. The van der Waals surface area contributed by atoms with Crippen molar-refractivity contribution in [3.05, 3.63) is 0 Å². The normalized spacial score (nSPS) is 27.2. The van der Waals surface area contributed by atoms with E-state index in [1.165, 1.54) is 51.6 Å². The maximum Gasteiger partial charge on any atom is 0.00697 e. The molecule has 1 aliphatic carbocycles. The zero-order valence-electron chi connectivity index (χ0n) is 10.8. The third-order valence-corrected chi connectivity index (χ3v) is 3.58. The van der Waals surface area contributed by atoms with E-state index in [2.05, 4.69) is 31.2 Å². The summed E-state index contributed by atoms with van der Waals surface area (Å²) < 4.78 is 0. The molecule has 2 atom stereocenters. The summed E-state index contributed by atoms with van der Waals surface area (Å²) in [6, 6.07) is 0.811. The zero-order valence-corrected chi connectivity index (χ0v) is 10.8. The number of nitrogens with one attached hydrogen (secondary N) is 1. The van der Waals surface area contributed by atoms with Crippen molar-refractivity contribution in [3.63, 3.8) is 0 Å². The third-order valence-electron chi connectivity index (χ3n) is 3.58. The minimum absolute atomic E-state index is 0.811. The molecule has 1 saturated carbocycles. The summed E-state index contributed by atoms with van der Waals surface area (Å²) in [7, 11) is 4.29. The lowest BCUT2D eigenvalue weighted by atomic mass is 9.84. The maximum atomic E-state index is 3.71. The molecule has 90 valence electrons. The average molecular weight is 212 g/mol. The highest BCUT2D eigenvalue weighted by Gasteiger charge is 2.19. The van der Waals surface area contributed by atoms with E-state index in [1.54, 1.807) is 0 Å². The van der Waals surface area contributed by atoms with Crippen LogP contribution in [0.15, 0.2) is 0 Å². The van der Waals surface area contributed by atoms with Crippen LogP contribution < -0.4 is 5.32 Å². The Balaban J connectivity index is 2.05. The van der Waals surface area contributed by atoms with Gasteiger partial charge in [-0.1, -0.05) is 26.2 Å². The molecule has 0 aromatic heterocycles. The highest BCUT2D eigenvalue weighted by Crippen LogP contribution is 2.26. The third kappa shape index (κ3) is 5.53. The van der Waals surface area contributed by atoms with Crippen molar-refractivity contribution in [1.29, 1.82) is 0 Å². The summed E-state index contributed by atoms with van der Waals surface area (Å²) in [6.07, 6.45) is 8.36. The maximum absolute atomic E-state index is 3.71. The first-order chi connectivity index (χ1) is 7.22. The van der Waals surface area contributed by atoms with Crippen molar-refractivity contribution in [2.24, 2.45) is 5.92 Å². The van der Waals surface area contributed by atoms with Crippen LogP contribution in [-0.4, -0.2) is 38.1 Å². The molecule has 0 radical (unpaired) electrons. The quantitative estimate of drug-likeness (QED) is 0.681. The van der Waals surface area contributed by atoms with Crippen LogP contribution in [0.3, 0.4) is 0 Å². The Morgan fingerprint density at radius 1 is 1.27 bits per heavy atom. The molecule has 2 heteroatoms. The molecule has 0 aromatic carbocycles. The number of hydrogen-bond donors (Lipinski definition) is 1. The lowest BCUT2D eigenvalue weighted by Crippen LogP contribution is -2.35. The minimum atomic E-state index is 0.811. The molecule has 0 saturated heterocycles. The molecule has 0 amide bonds. The summed E-state index contributed by atoms with van der Waals surface area (Å²) in [6.45, 7) is 4.73. The number of hydrogen-bond acceptors (Lipinski definition) is 2. The van der Waals surface area contributed by atoms with Crippen molar-refractivity contribution < 1.29 is 0 Å². The summed E-state index contributed by atoms with van der Waals surface area (Å²) >= 11 is 0. The van der Waals surface area contributed by atoms with Crippen LogP contribution in [0.4, 0.5) is 0 Å². The number of rotatable bonds is 6. The van der Waals surface area contributed by atoms with E-state index in [1.807, 2.05) is 0 Å². The van der Waals surface area contributed by atoms with Crippen LogP contribution in [0.2, 0.25) is 0 Å². The van der Waals surface area contributed by atoms with Crippen LogP contribution in [0.5, 0.6) is 0 Å². The monoisotopic (exact) mass is 212 g/mol. The second-order valence-corrected chi connectivity index (χ2v) is 5.25. The van der Waals surface area contributed by atoms with Crippen molar-refractivity contribution in [1.82, 2.24) is 10.2 Å². The molecule has 0 aromatic rings. The van der Waals surface area contributed by atoms with Gasteiger partial charge >= 0.3 is 0 Å². The van der Waals surface area contributed by atoms with Gasteiger partial charge in [0.15, 0.2) is 0 Å². The van der Waals surface area contributed by atoms with E-state index in [9.17, 15) is 0 Å². The molecule has 0 aliphatic heterocycles. The molecule has 1 aliphatic rings. The topological polar surface area (TPSA) is 15.3 Å². The van der Waals surface area contributed by atoms with Crippen molar-refractivity contribution in [2.75, 3.05) is 27.2 Å². The molecular weight excluding hydrogens is 184 g/mol. The van der Waals surface area contributed by atoms with Gasteiger partial charge in [-0.3, -0.25) is 0 Å². The zero-order chi connectivity index (χ0) is 11.1. The fourth-order valence-electron chi connectivity index (χ4n) is 2.55. The van der Waals surface area contributed by atoms with Crippen molar-refractivity contribution in [2.45, 2.75) is 51.5 Å². The summed E-state index contributed by atoms with van der Waals surface area (Å²) in [5.41, 5.74) is 0. The van der Waals surface area contributed by atoms with Gasteiger partial charge in [0.1, 0.15) is 0 Å². The van der Waals surface area contributed by atoms with E-state index in [0.717, 1.165) is 12.0 Å². The van der Waals surface area contributed by atoms with Gasteiger partial charge in [0, 0.05) is 6.04 Å². The molecule has 1 fully saturated rings. The van der Waals surface area contributed by atoms with Gasteiger partial charge in [-0.2, -0.15) is 0 Å². The molecule has 0 spiro atoms. The lowest BCUT2D eigenvalue weighted by molar-refractivity contribution is 0.275. The average Bonchev–Trinajstić information content (AvgIpc) is 2.24. The Hall–Kier alpha value is -0.0800. The predicted octanol–water partition coefficient (Wildman–Crippen LogP) is 2.50. The Labute approximate surface area is 95.4 Å². The Morgan fingerprint density at radius 2 is 2.07 bits per heavy atom. The Kier molecular flexibility index (Phi) is 6.26. The SMILES string of the molecule is CCC1CCCC(NCCCN(C)C)C1. The summed E-state index contributed by atoms with van der Waals surface area (Å²) in [5.74, 6) is 0.991. The summed E-state index contributed by atoms with van der Waals surface area (Å²) in [5, 5.41) is 3.71. The first-order valence-corrected chi connectivity index (χ1v) is 6.60. The van der Waals surface area contributed by atoms with Crippen LogP contribution >= 0.6 is 0 Å². The summed E-state index contributed by atoms with van der Waals surface area (Å²) in [4.78, 5) is 2.26. The standard InChI is InChI=1S/C13H28N2/c1-4-12-7-5-8-13(11-12)14-9-6-10-15(2)3/h12-14H,4-11H2,1-3H3. The Morgan fingerprint density at radius 3 is 2.73 bits per heavy atom. The van der Waals surface area contributed by atoms with E-state index in [-0.39, 0.29) is 0 Å². The van der Waals surface area contributed by atoms with E-state index in [0.29, 0.717) is 0 Å². The molecule has 0 heterocycles. The van der Waals surface area contributed by atoms with Gasteiger partial charge < -0.3 is 10.2 Å². The van der Waals surface area contributed by atoms with E-state index < -0.39 is 0 Å². The lowest BCUT2D eigenvalue weighted by Gasteiger charge is -2.29. The molecule has 1 rings (SSSR count). The fraction of sp³-hybridized carbons (Fsp3) is 1.00. The molecule has 1 N–H and O–H groups in total. The van der Waals surface area contributed by atoms with Crippen LogP contribution in [0.1, 0.15) is 45.4 Å². The van der Waals surface area contributed by atoms with Gasteiger partial charge in [-0.15, -0.1) is 0 Å². The molecule has 15 heavy (non-hydrogen) atoms. The first-order valence-electron chi connectivity index (χ1n) is 6.60. The first kappa shape index (κ1) is 13.0. The van der Waals surface area contributed by atoms with E-state index in [4.69, 9.17) is 0 Å². The highest BCUT2D eigenvalue weighted by atomic mass is 15.1. The predicted molar refractivity (Wildman–Crippen MR) is 67.2 cm³/mol. The largest absolute Gasteiger partial charge is 0.314 e. The molecule has 0 bridgehead atoms. The molecular formula is C13H28N2. The molecule has 2 unspecified atom stereocenters. The minimum Gasteiger partial charge on any atom is -0.314 e. The van der Waals surface area contributed by atoms with Gasteiger partial charge in [-0.05, 0) is 52.4 Å². The van der Waals surface area contributed by atoms with E-state index >= 15 is 0 Å². The number of nitrogens with zero attached hydrogens (tertiary/aromatic N) is 1. The second-order valence-electron chi connectivity index (χ2n) is 5.25. The van der Waals surface area contributed by atoms with Crippen LogP contribution in [0, 0.1) is 5.92 Å². The van der Waals surface area contributed by atoms with Crippen LogP contribution in [0.25, 0.3) is 0 Å². The van der Waals surface area contributed by atoms with Gasteiger partial charge in [0.05, 0.1) is 0 Å². The van der Waals surface area contributed by atoms with Gasteiger partial charge in [0.25, 0.3) is 0 Å². The smallest absolute Gasteiger partial charge is 0.00697 e. The van der Waals surface area contributed by atoms with Crippen LogP contribution in [-0.2, 0) is 0 Å². The Bertz CT molecular complexity index is 157.